The number of aromatic amines is 1. The van der Waals surface area contributed by atoms with Gasteiger partial charge >= 0.3 is 5.97 Å². The summed E-state index contributed by atoms with van der Waals surface area (Å²) in [6.45, 7) is 9.23. The second-order valence-electron chi connectivity index (χ2n) is 3.54. The molecule has 1 aromatic rings. The Labute approximate surface area is 106 Å². The number of hydrogen-bond acceptors (Lipinski definition) is 4. The average molecular weight is 247 g/mol. The van der Waals surface area contributed by atoms with Crippen LogP contribution in [0.15, 0.2) is 34.6 Å². The van der Waals surface area contributed by atoms with E-state index >= 15 is 0 Å². The minimum Gasteiger partial charge on any atom is -0.462 e. The summed E-state index contributed by atoms with van der Waals surface area (Å²) >= 11 is 0. The number of carbonyl (C=O) groups is 1. The third-order valence-electron chi connectivity index (χ3n) is 2.47. The first-order chi connectivity index (χ1) is 8.65. The van der Waals surface area contributed by atoms with Gasteiger partial charge in [-0.3, -0.25) is 10.1 Å². The van der Waals surface area contributed by atoms with Crippen LogP contribution in [0.1, 0.15) is 26.3 Å². The summed E-state index contributed by atoms with van der Waals surface area (Å²) in [5.74, 6) is -0.359. The molecule has 0 bridgehead atoms. The second-order valence-corrected chi connectivity index (χ2v) is 3.54. The molecule has 96 valence electrons. The fourth-order valence-electron chi connectivity index (χ4n) is 1.63. The molecule has 0 radical (unpaired) electrons. The highest BCUT2D eigenvalue weighted by Gasteiger charge is 2.16. The van der Waals surface area contributed by atoms with Crippen LogP contribution in [-0.2, 0) is 9.53 Å². The van der Waals surface area contributed by atoms with Gasteiger partial charge in [0.1, 0.15) is 0 Å². The smallest absolute Gasteiger partial charge is 0.338 e. The monoisotopic (exact) mass is 247 g/mol. The van der Waals surface area contributed by atoms with Gasteiger partial charge in [0.2, 0.25) is 0 Å². The Kier molecular flexibility index (Phi) is 5.05. The van der Waals surface area contributed by atoms with Crippen LogP contribution >= 0.6 is 0 Å². The van der Waals surface area contributed by atoms with Gasteiger partial charge in [-0.25, -0.2) is 4.79 Å². The molecule has 0 atom stereocenters. The molecule has 0 aliphatic carbocycles. The van der Waals surface area contributed by atoms with Crippen molar-refractivity contribution in [2.75, 3.05) is 6.61 Å². The first-order valence-corrected chi connectivity index (χ1v) is 5.66. The van der Waals surface area contributed by atoms with Crippen molar-refractivity contribution in [1.29, 1.82) is 0 Å². The highest BCUT2D eigenvalue weighted by molar-refractivity contribution is 5.96. The zero-order valence-corrected chi connectivity index (χ0v) is 10.9. The molecule has 0 saturated carbocycles. The summed E-state index contributed by atoms with van der Waals surface area (Å²) in [5, 5.41) is 6.56. The third-order valence-corrected chi connectivity index (χ3v) is 2.47. The van der Waals surface area contributed by atoms with Gasteiger partial charge in [-0.2, -0.15) is 5.10 Å². The van der Waals surface area contributed by atoms with Crippen LogP contribution in [0.2, 0.25) is 0 Å². The van der Waals surface area contributed by atoms with Crippen LogP contribution in [0.3, 0.4) is 0 Å². The minimum atomic E-state index is -0.359. The number of nitrogens with zero attached hydrogens (tertiary/aromatic N) is 2. The molecule has 5 heteroatoms. The maximum absolute atomic E-state index is 11.8. The lowest BCUT2D eigenvalue weighted by molar-refractivity contribution is -0.138. The van der Waals surface area contributed by atoms with Gasteiger partial charge in [0, 0.05) is 11.8 Å². The summed E-state index contributed by atoms with van der Waals surface area (Å²) in [4.78, 5) is 15.8. The van der Waals surface area contributed by atoms with Crippen molar-refractivity contribution in [1.82, 2.24) is 10.2 Å². The molecular formula is C13H17N3O2. The van der Waals surface area contributed by atoms with E-state index in [1.54, 1.807) is 32.3 Å². The second kappa shape index (κ2) is 6.54. The topological polar surface area (TPSA) is 67.3 Å². The number of ether oxygens (including phenoxy) is 1. The SMILES string of the molecule is C=NC(=C(C)C(=CC)C(=O)OCC)c1cn[nH]c1. The Morgan fingerprint density at radius 1 is 1.67 bits per heavy atom. The van der Waals surface area contributed by atoms with Crippen molar-refractivity contribution in [3.63, 3.8) is 0 Å². The van der Waals surface area contributed by atoms with Gasteiger partial charge in [-0.15, -0.1) is 0 Å². The van der Waals surface area contributed by atoms with Gasteiger partial charge in [0.05, 0.1) is 24.1 Å². The van der Waals surface area contributed by atoms with E-state index in [2.05, 4.69) is 21.9 Å². The van der Waals surface area contributed by atoms with Gasteiger partial charge in [-0.1, -0.05) is 6.08 Å². The van der Waals surface area contributed by atoms with Crippen molar-refractivity contribution in [3.8, 4) is 0 Å². The maximum atomic E-state index is 11.8. The number of nitrogens with one attached hydrogen (secondary N) is 1. The molecule has 0 amide bonds. The molecule has 5 nitrogen and oxygen atoms in total. The molecule has 1 rings (SSSR count). The summed E-state index contributed by atoms with van der Waals surface area (Å²) in [6, 6.07) is 0. The van der Waals surface area contributed by atoms with Gasteiger partial charge in [0.25, 0.3) is 0 Å². The van der Waals surface area contributed by atoms with Gasteiger partial charge in [0.15, 0.2) is 0 Å². The Hall–Kier alpha value is -2.17. The van der Waals surface area contributed by atoms with E-state index in [0.717, 1.165) is 5.56 Å². The lowest BCUT2D eigenvalue weighted by atomic mass is 10.0. The molecule has 0 aliphatic heterocycles. The lowest BCUT2D eigenvalue weighted by Gasteiger charge is -2.09. The molecular weight excluding hydrogens is 230 g/mol. The first-order valence-electron chi connectivity index (χ1n) is 5.66. The van der Waals surface area contributed by atoms with E-state index in [-0.39, 0.29) is 5.97 Å². The van der Waals surface area contributed by atoms with E-state index in [4.69, 9.17) is 4.74 Å². The van der Waals surface area contributed by atoms with E-state index in [9.17, 15) is 4.79 Å². The van der Waals surface area contributed by atoms with Crippen molar-refractivity contribution in [2.45, 2.75) is 20.8 Å². The standard InChI is InChI=1S/C13H17N3O2/c1-5-11(13(17)18-6-2)9(3)12(14-4)10-7-15-16-8-10/h5,7-8H,4,6H2,1-3H3,(H,15,16). The molecule has 0 saturated heterocycles. The molecule has 1 N–H and O–H groups in total. The molecule has 0 fully saturated rings. The Balaban J connectivity index is 3.19. The van der Waals surface area contributed by atoms with Crippen LogP contribution in [0.5, 0.6) is 0 Å². The Bertz CT molecular complexity index is 484. The van der Waals surface area contributed by atoms with Crippen molar-refractivity contribution < 1.29 is 9.53 Å². The molecule has 0 aliphatic rings. The molecule has 0 aromatic carbocycles. The zero-order chi connectivity index (χ0) is 13.5. The van der Waals surface area contributed by atoms with Crippen LogP contribution in [-0.4, -0.2) is 29.5 Å². The number of hydrogen-bond donors (Lipinski definition) is 1. The number of aromatic nitrogens is 2. The number of aliphatic imine (C=N–C) groups is 1. The quantitative estimate of drug-likeness (QED) is 0.376. The summed E-state index contributed by atoms with van der Waals surface area (Å²) in [6.07, 6.45) is 5.04. The normalized spacial score (nSPS) is 12.9. The fraction of sp³-hybridized carbons (Fsp3) is 0.308. The Morgan fingerprint density at radius 3 is 2.83 bits per heavy atom. The van der Waals surface area contributed by atoms with Crippen LogP contribution in [0, 0.1) is 0 Å². The molecule has 1 heterocycles. The van der Waals surface area contributed by atoms with E-state index < -0.39 is 0 Å². The molecule has 0 unspecified atom stereocenters. The number of allylic oxidation sites excluding steroid dienone is 1. The van der Waals surface area contributed by atoms with E-state index in [0.29, 0.717) is 23.5 Å². The minimum absolute atomic E-state index is 0.339. The van der Waals surface area contributed by atoms with Crippen LogP contribution < -0.4 is 0 Å². The van der Waals surface area contributed by atoms with Crippen LogP contribution in [0.25, 0.3) is 5.70 Å². The van der Waals surface area contributed by atoms with Crippen molar-refractivity contribution in [3.05, 3.63) is 35.2 Å². The van der Waals surface area contributed by atoms with Crippen molar-refractivity contribution >= 4 is 18.4 Å². The number of rotatable bonds is 5. The first kappa shape index (κ1) is 13.9. The van der Waals surface area contributed by atoms with E-state index in [1.807, 2.05) is 6.92 Å². The molecule has 1 aromatic heterocycles. The predicted molar refractivity (Wildman–Crippen MR) is 71.1 cm³/mol. The molecule has 0 spiro atoms. The molecule has 18 heavy (non-hydrogen) atoms. The number of H-pyrrole nitrogens is 1. The van der Waals surface area contributed by atoms with E-state index in [1.165, 1.54) is 0 Å². The van der Waals surface area contributed by atoms with Crippen LogP contribution in [0.4, 0.5) is 0 Å². The largest absolute Gasteiger partial charge is 0.462 e. The highest BCUT2D eigenvalue weighted by Crippen LogP contribution is 2.24. The van der Waals surface area contributed by atoms with Crippen molar-refractivity contribution in [2.24, 2.45) is 4.99 Å². The Morgan fingerprint density at radius 2 is 2.39 bits per heavy atom. The third kappa shape index (κ3) is 2.94. The lowest BCUT2D eigenvalue weighted by Crippen LogP contribution is -2.09. The predicted octanol–water partition coefficient (Wildman–Crippen LogP) is 2.35. The average Bonchev–Trinajstić information content (AvgIpc) is 2.85. The summed E-state index contributed by atoms with van der Waals surface area (Å²) in [5.41, 5.74) is 2.60. The maximum Gasteiger partial charge on any atom is 0.338 e. The number of carbonyl (C=O) groups excluding carboxylic acids is 1. The number of esters is 1. The van der Waals surface area contributed by atoms with Gasteiger partial charge < -0.3 is 4.74 Å². The fourth-order valence-corrected chi connectivity index (χ4v) is 1.63. The highest BCUT2D eigenvalue weighted by atomic mass is 16.5. The zero-order valence-electron chi connectivity index (χ0n) is 10.9. The summed E-state index contributed by atoms with van der Waals surface area (Å²) < 4.78 is 5.00. The van der Waals surface area contributed by atoms with Gasteiger partial charge in [-0.05, 0) is 33.1 Å². The summed E-state index contributed by atoms with van der Waals surface area (Å²) in [7, 11) is 0.